The van der Waals surface area contributed by atoms with E-state index in [9.17, 15) is 4.39 Å². The van der Waals surface area contributed by atoms with Crippen molar-refractivity contribution in [1.82, 2.24) is 9.80 Å². The first-order valence-electron chi connectivity index (χ1n) is 5.95. The second-order valence-electron chi connectivity index (χ2n) is 4.70. The molecule has 0 amide bonds. The quantitative estimate of drug-likeness (QED) is 0.872. The molecule has 1 rings (SSSR count). The Morgan fingerprint density at radius 3 is 2.44 bits per heavy atom. The van der Waals surface area contributed by atoms with Gasteiger partial charge in [-0.15, -0.1) is 0 Å². The minimum Gasteiger partial charge on any atom is -0.329 e. The van der Waals surface area contributed by atoms with Crippen LogP contribution in [0.25, 0.3) is 0 Å². The van der Waals surface area contributed by atoms with Gasteiger partial charge in [0.05, 0.1) is 0 Å². The second-order valence-corrected chi connectivity index (χ2v) is 5.62. The minimum atomic E-state index is -0.212. The van der Waals surface area contributed by atoms with E-state index in [4.69, 9.17) is 5.73 Å². The average Bonchev–Trinajstić information content (AvgIpc) is 2.30. The summed E-state index contributed by atoms with van der Waals surface area (Å²) in [5.74, 6) is -0.212. The molecule has 0 aromatic heterocycles. The van der Waals surface area contributed by atoms with Crippen molar-refractivity contribution < 1.29 is 4.39 Å². The predicted molar refractivity (Wildman–Crippen MR) is 77.1 cm³/mol. The van der Waals surface area contributed by atoms with Crippen molar-refractivity contribution in [2.45, 2.75) is 6.04 Å². The number of nitrogens with zero attached hydrogens (tertiary/aromatic N) is 2. The topological polar surface area (TPSA) is 32.5 Å². The van der Waals surface area contributed by atoms with Gasteiger partial charge in [0, 0.05) is 35.7 Å². The molecule has 0 saturated carbocycles. The summed E-state index contributed by atoms with van der Waals surface area (Å²) < 4.78 is 14.7. The van der Waals surface area contributed by atoms with E-state index in [1.165, 1.54) is 6.07 Å². The highest BCUT2D eigenvalue weighted by Crippen LogP contribution is 2.24. The van der Waals surface area contributed by atoms with Gasteiger partial charge in [-0.25, -0.2) is 4.39 Å². The monoisotopic (exact) mass is 317 g/mol. The SMILES string of the molecule is CN(C)CCN(C)C(CN)c1ccc(Br)cc1F. The van der Waals surface area contributed by atoms with Crippen molar-refractivity contribution in [2.75, 3.05) is 40.8 Å². The minimum absolute atomic E-state index is 0.0851. The van der Waals surface area contributed by atoms with Crippen LogP contribution in [-0.4, -0.2) is 50.6 Å². The lowest BCUT2D eigenvalue weighted by Crippen LogP contribution is -2.35. The highest BCUT2D eigenvalue weighted by molar-refractivity contribution is 9.10. The molecule has 2 N–H and O–H groups in total. The van der Waals surface area contributed by atoms with Gasteiger partial charge in [0.2, 0.25) is 0 Å². The zero-order valence-electron chi connectivity index (χ0n) is 11.2. The van der Waals surface area contributed by atoms with Crippen molar-refractivity contribution >= 4 is 15.9 Å². The molecule has 0 heterocycles. The van der Waals surface area contributed by atoms with Crippen LogP contribution in [0.3, 0.4) is 0 Å². The zero-order chi connectivity index (χ0) is 13.7. The normalized spacial score (nSPS) is 13.3. The van der Waals surface area contributed by atoms with Crippen molar-refractivity contribution in [3.8, 4) is 0 Å². The van der Waals surface area contributed by atoms with Gasteiger partial charge < -0.3 is 10.6 Å². The van der Waals surface area contributed by atoms with Crippen molar-refractivity contribution in [1.29, 1.82) is 0 Å². The fourth-order valence-corrected chi connectivity index (χ4v) is 2.16. The number of benzene rings is 1. The molecule has 0 bridgehead atoms. The van der Waals surface area contributed by atoms with Crippen molar-refractivity contribution in [3.63, 3.8) is 0 Å². The molecule has 0 aliphatic carbocycles. The third kappa shape index (κ3) is 4.31. The van der Waals surface area contributed by atoms with E-state index in [0.29, 0.717) is 12.1 Å². The predicted octanol–water partition coefficient (Wildman–Crippen LogP) is 2.08. The van der Waals surface area contributed by atoms with Crippen LogP contribution in [0.2, 0.25) is 0 Å². The third-order valence-corrected chi connectivity index (χ3v) is 3.47. The summed E-state index contributed by atoms with van der Waals surface area (Å²) in [6, 6.07) is 5.04. The van der Waals surface area contributed by atoms with Crippen LogP contribution in [-0.2, 0) is 0 Å². The number of rotatable bonds is 6. The van der Waals surface area contributed by atoms with Crippen molar-refractivity contribution in [3.05, 3.63) is 34.1 Å². The van der Waals surface area contributed by atoms with E-state index >= 15 is 0 Å². The summed E-state index contributed by atoms with van der Waals surface area (Å²) in [4.78, 5) is 4.19. The van der Waals surface area contributed by atoms with Crippen LogP contribution in [0.4, 0.5) is 4.39 Å². The molecule has 0 saturated heterocycles. The van der Waals surface area contributed by atoms with E-state index in [0.717, 1.165) is 17.6 Å². The van der Waals surface area contributed by atoms with Crippen molar-refractivity contribution in [2.24, 2.45) is 5.73 Å². The highest BCUT2D eigenvalue weighted by Gasteiger charge is 2.19. The summed E-state index contributed by atoms with van der Waals surface area (Å²) in [6.45, 7) is 2.18. The Hall–Kier alpha value is -0.490. The van der Waals surface area contributed by atoms with Crippen LogP contribution in [0.15, 0.2) is 22.7 Å². The molecule has 0 aliphatic rings. The summed E-state index contributed by atoms with van der Waals surface area (Å²) in [7, 11) is 6.01. The third-order valence-electron chi connectivity index (χ3n) is 2.98. The Morgan fingerprint density at radius 1 is 1.28 bits per heavy atom. The second kappa shape index (κ2) is 7.19. The Morgan fingerprint density at radius 2 is 1.94 bits per heavy atom. The number of hydrogen-bond acceptors (Lipinski definition) is 3. The van der Waals surface area contributed by atoms with E-state index in [1.807, 2.05) is 27.2 Å². The summed E-state index contributed by atoms with van der Waals surface area (Å²) in [5, 5.41) is 0. The summed E-state index contributed by atoms with van der Waals surface area (Å²) in [6.07, 6.45) is 0. The molecule has 0 radical (unpaired) electrons. The molecule has 18 heavy (non-hydrogen) atoms. The maximum atomic E-state index is 13.9. The number of hydrogen-bond donors (Lipinski definition) is 1. The molecule has 0 spiro atoms. The molecule has 0 aliphatic heterocycles. The molecule has 1 atom stereocenters. The van der Waals surface area contributed by atoms with Gasteiger partial charge in [-0.05, 0) is 33.3 Å². The lowest BCUT2D eigenvalue weighted by molar-refractivity contribution is 0.219. The maximum Gasteiger partial charge on any atom is 0.129 e. The zero-order valence-corrected chi connectivity index (χ0v) is 12.7. The van der Waals surface area contributed by atoms with Crippen LogP contribution in [0.5, 0.6) is 0 Å². The fraction of sp³-hybridized carbons (Fsp3) is 0.538. The van der Waals surface area contributed by atoms with Gasteiger partial charge >= 0.3 is 0 Å². The van der Waals surface area contributed by atoms with E-state index < -0.39 is 0 Å². The molecular weight excluding hydrogens is 297 g/mol. The molecule has 102 valence electrons. The summed E-state index contributed by atoms with van der Waals surface area (Å²) >= 11 is 3.26. The first kappa shape index (κ1) is 15.6. The lowest BCUT2D eigenvalue weighted by Gasteiger charge is -2.28. The van der Waals surface area contributed by atoms with Gasteiger partial charge in [-0.3, -0.25) is 4.90 Å². The molecule has 3 nitrogen and oxygen atoms in total. The first-order chi connectivity index (χ1) is 8.45. The van der Waals surface area contributed by atoms with Gasteiger partial charge in [-0.2, -0.15) is 0 Å². The first-order valence-corrected chi connectivity index (χ1v) is 6.75. The van der Waals surface area contributed by atoms with E-state index in [1.54, 1.807) is 6.07 Å². The van der Waals surface area contributed by atoms with Gasteiger partial charge in [0.1, 0.15) is 5.82 Å². The maximum absolute atomic E-state index is 13.9. The number of halogens is 2. The van der Waals surface area contributed by atoms with Gasteiger partial charge in [-0.1, -0.05) is 22.0 Å². The van der Waals surface area contributed by atoms with Gasteiger partial charge in [0.25, 0.3) is 0 Å². The Bertz CT molecular complexity index is 384. The molecule has 1 unspecified atom stereocenters. The molecule has 1 aromatic rings. The van der Waals surface area contributed by atoms with Crippen LogP contribution >= 0.6 is 15.9 Å². The van der Waals surface area contributed by atoms with Gasteiger partial charge in [0.15, 0.2) is 0 Å². The van der Waals surface area contributed by atoms with E-state index in [-0.39, 0.29) is 11.9 Å². The summed E-state index contributed by atoms with van der Waals surface area (Å²) in [5.41, 5.74) is 6.44. The Balaban J connectivity index is 2.81. The Labute approximate surface area is 117 Å². The molecule has 5 heteroatoms. The molecule has 1 aromatic carbocycles. The fourth-order valence-electron chi connectivity index (χ4n) is 1.83. The van der Waals surface area contributed by atoms with Crippen LogP contribution in [0, 0.1) is 5.82 Å². The number of nitrogens with two attached hydrogens (primary N) is 1. The van der Waals surface area contributed by atoms with Crippen LogP contribution < -0.4 is 5.73 Å². The smallest absolute Gasteiger partial charge is 0.129 e. The largest absolute Gasteiger partial charge is 0.329 e. The van der Waals surface area contributed by atoms with Crippen LogP contribution in [0.1, 0.15) is 11.6 Å². The lowest BCUT2D eigenvalue weighted by atomic mass is 10.1. The van der Waals surface area contributed by atoms with E-state index in [2.05, 4.69) is 25.7 Å². The standard InChI is InChI=1S/C13H21BrFN3/c1-17(2)6-7-18(3)13(9-16)11-5-4-10(14)8-12(11)15/h4-5,8,13H,6-7,9,16H2,1-3H3. The number of likely N-dealkylation sites (N-methyl/N-ethyl adjacent to an activating group) is 2. The average molecular weight is 318 g/mol. The Kier molecular flexibility index (Phi) is 6.21. The molecular formula is C13H21BrFN3. The molecule has 0 fully saturated rings. The highest BCUT2D eigenvalue weighted by atomic mass is 79.9.